The number of aromatic nitrogens is 4. The fourth-order valence-electron chi connectivity index (χ4n) is 1.86. The van der Waals surface area contributed by atoms with E-state index in [0.717, 1.165) is 0 Å². The topological polar surface area (TPSA) is 46.5 Å². The molecule has 106 valence electrons. The lowest BCUT2D eigenvalue weighted by Crippen LogP contribution is -1.98. The zero-order valence-corrected chi connectivity index (χ0v) is 12.7. The van der Waals surface area contributed by atoms with Crippen LogP contribution in [0.3, 0.4) is 0 Å². The quantitative estimate of drug-likeness (QED) is 0.554. The lowest BCUT2D eigenvalue weighted by molar-refractivity contribution is 0.628. The van der Waals surface area contributed by atoms with Crippen molar-refractivity contribution in [1.82, 2.24) is 19.7 Å². The normalized spacial score (nSPS) is 10.8. The number of hydrogen-bond donors (Lipinski definition) is 1. The highest BCUT2D eigenvalue weighted by molar-refractivity contribution is 7.71. The Morgan fingerprint density at radius 3 is 2.67 bits per heavy atom. The molecule has 2 aromatic heterocycles. The molecule has 1 N–H and O–H groups in total. The minimum Gasteiger partial charge on any atom is -0.268 e. The van der Waals surface area contributed by atoms with Crippen LogP contribution in [0, 0.1) is 10.6 Å². The van der Waals surface area contributed by atoms with E-state index in [4.69, 9.17) is 35.4 Å². The number of halogens is 3. The van der Waals surface area contributed by atoms with E-state index < -0.39 is 5.82 Å². The second kappa shape index (κ2) is 5.55. The highest BCUT2D eigenvalue weighted by Gasteiger charge is 2.12. The number of aromatic amines is 1. The maximum absolute atomic E-state index is 13.3. The molecule has 0 saturated carbocycles. The van der Waals surface area contributed by atoms with Gasteiger partial charge in [0.05, 0.1) is 10.7 Å². The smallest absolute Gasteiger partial charge is 0.200 e. The van der Waals surface area contributed by atoms with Gasteiger partial charge in [0.2, 0.25) is 0 Å². The standard InChI is InChI=1S/C13H7Cl2FN4S/c14-9-5-8(2-3-10(9)16)20-12(18-19-13(20)21)7-1-4-11(15)17-6-7/h1-6H,(H,19,21). The molecule has 0 saturated heterocycles. The van der Waals surface area contributed by atoms with Gasteiger partial charge in [-0.25, -0.2) is 9.37 Å². The van der Waals surface area contributed by atoms with E-state index in [0.29, 0.717) is 27.0 Å². The zero-order chi connectivity index (χ0) is 15.0. The molecule has 0 atom stereocenters. The Morgan fingerprint density at radius 2 is 2.00 bits per heavy atom. The molecule has 0 bridgehead atoms. The number of pyridine rings is 1. The molecule has 2 heterocycles. The van der Waals surface area contributed by atoms with Gasteiger partial charge in [0.25, 0.3) is 0 Å². The summed E-state index contributed by atoms with van der Waals surface area (Å²) >= 11 is 16.8. The predicted octanol–water partition coefficient (Wildman–Crippen LogP) is 4.44. The summed E-state index contributed by atoms with van der Waals surface area (Å²) in [5.74, 6) is 0.0389. The van der Waals surface area contributed by atoms with Crippen molar-refractivity contribution in [2.24, 2.45) is 0 Å². The summed E-state index contributed by atoms with van der Waals surface area (Å²) in [6.07, 6.45) is 1.58. The maximum Gasteiger partial charge on any atom is 0.200 e. The van der Waals surface area contributed by atoms with Gasteiger partial charge in [0.1, 0.15) is 11.0 Å². The Labute approximate surface area is 134 Å². The minimum absolute atomic E-state index is 0.00998. The van der Waals surface area contributed by atoms with Crippen LogP contribution in [0.5, 0.6) is 0 Å². The highest BCUT2D eigenvalue weighted by atomic mass is 35.5. The van der Waals surface area contributed by atoms with Crippen LogP contribution in [0.15, 0.2) is 36.5 Å². The van der Waals surface area contributed by atoms with Gasteiger partial charge in [0, 0.05) is 11.8 Å². The molecule has 8 heteroatoms. The first-order valence-electron chi connectivity index (χ1n) is 5.81. The fraction of sp³-hybridized carbons (Fsp3) is 0. The number of nitrogens with one attached hydrogen (secondary N) is 1. The second-order valence-electron chi connectivity index (χ2n) is 4.16. The Kier molecular flexibility index (Phi) is 3.75. The molecule has 21 heavy (non-hydrogen) atoms. The first-order chi connectivity index (χ1) is 10.1. The van der Waals surface area contributed by atoms with Crippen molar-refractivity contribution in [1.29, 1.82) is 0 Å². The van der Waals surface area contributed by atoms with E-state index in [-0.39, 0.29) is 5.02 Å². The molecule has 4 nitrogen and oxygen atoms in total. The summed E-state index contributed by atoms with van der Waals surface area (Å²) in [6.45, 7) is 0. The van der Waals surface area contributed by atoms with Crippen LogP contribution in [0.4, 0.5) is 4.39 Å². The van der Waals surface area contributed by atoms with Crippen molar-refractivity contribution in [3.8, 4) is 17.1 Å². The summed E-state index contributed by atoms with van der Waals surface area (Å²) in [7, 11) is 0. The van der Waals surface area contributed by atoms with Crippen LogP contribution in [0.2, 0.25) is 10.2 Å². The molecular weight excluding hydrogens is 334 g/mol. The second-order valence-corrected chi connectivity index (χ2v) is 5.34. The van der Waals surface area contributed by atoms with E-state index in [1.807, 2.05) is 0 Å². The van der Waals surface area contributed by atoms with E-state index >= 15 is 0 Å². The third-order valence-electron chi connectivity index (χ3n) is 2.82. The molecular formula is C13H7Cl2FN4S. The Morgan fingerprint density at radius 1 is 1.19 bits per heavy atom. The third kappa shape index (κ3) is 2.70. The average Bonchev–Trinajstić information content (AvgIpc) is 2.85. The molecule has 3 rings (SSSR count). The number of benzene rings is 1. The molecule has 0 fully saturated rings. The van der Waals surface area contributed by atoms with E-state index in [1.54, 1.807) is 29.0 Å². The third-order valence-corrected chi connectivity index (χ3v) is 3.61. The van der Waals surface area contributed by atoms with Crippen molar-refractivity contribution in [3.05, 3.63) is 57.3 Å². The van der Waals surface area contributed by atoms with Crippen LogP contribution < -0.4 is 0 Å². The summed E-state index contributed by atoms with van der Waals surface area (Å²) in [5.41, 5.74) is 1.32. The summed E-state index contributed by atoms with van der Waals surface area (Å²) in [6, 6.07) is 7.74. The Hall–Kier alpha value is -1.76. The molecule has 0 radical (unpaired) electrons. The van der Waals surface area contributed by atoms with Gasteiger partial charge in [0.15, 0.2) is 10.6 Å². The van der Waals surface area contributed by atoms with Crippen LogP contribution >= 0.6 is 35.4 Å². The van der Waals surface area contributed by atoms with E-state index in [1.165, 1.54) is 12.1 Å². The van der Waals surface area contributed by atoms with Crippen molar-refractivity contribution >= 4 is 35.4 Å². The van der Waals surface area contributed by atoms with Gasteiger partial charge in [-0.1, -0.05) is 23.2 Å². The maximum atomic E-state index is 13.3. The van der Waals surface area contributed by atoms with Crippen molar-refractivity contribution in [3.63, 3.8) is 0 Å². The number of H-pyrrole nitrogens is 1. The lowest BCUT2D eigenvalue weighted by Gasteiger charge is -2.07. The van der Waals surface area contributed by atoms with Crippen molar-refractivity contribution in [2.45, 2.75) is 0 Å². The number of hydrogen-bond acceptors (Lipinski definition) is 3. The van der Waals surface area contributed by atoms with Gasteiger partial charge in [-0.05, 0) is 42.5 Å². The number of nitrogens with zero attached hydrogens (tertiary/aromatic N) is 3. The summed E-state index contributed by atoms with van der Waals surface area (Å²) < 4.78 is 15.3. The van der Waals surface area contributed by atoms with E-state index in [2.05, 4.69) is 15.2 Å². The number of rotatable bonds is 2. The van der Waals surface area contributed by atoms with Gasteiger partial charge in [-0.2, -0.15) is 5.10 Å². The first-order valence-corrected chi connectivity index (χ1v) is 6.97. The van der Waals surface area contributed by atoms with Crippen LogP contribution in [-0.4, -0.2) is 19.7 Å². The highest BCUT2D eigenvalue weighted by Crippen LogP contribution is 2.24. The monoisotopic (exact) mass is 340 g/mol. The molecule has 0 aliphatic heterocycles. The van der Waals surface area contributed by atoms with E-state index in [9.17, 15) is 4.39 Å². The minimum atomic E-state index is -0.495. The SMILES string of the molecule is Fc1ccc(-n2c(-c3ccc(Cl)nc3)n[nH]c2=S)cc1Cl. The molecule has 1 aromatic carbocycles. The van der Waals surface area contributed by atoms with Crippen molar-refractivity contribution < 1.29 is 4.39 Å². The predicted molar refractivity (Wildman–Crippen MR) is 82.0 cm³/mol. The summed E-state index contributed by atoms with van der Waals surface area (Å²) in [5, 5.41) is 7.26. The van der Waals surface area contributed by atoms with Crippen molar-refractivity contribution in [2.75, 3.05) is 0 Å². The van der Waals surface area contributed by atoms with Gasteiger partial charge in [-0.3, -0.25) is 9.67 Å². The fourth-order valence-corrected chi connectivity index (χ4v) is 2.39. The largest absolute Gasteiger partial charge is 0.268 e. The van der Waals surface area contributed by atoms with Crippen LogP contribution in [0.25, 0.3) is 17.1 Å². The van der Waals surface area contributed by atoms with Crippen LogP contribution in [-0.2, 0) is 0 Å². The van der Waals surface area contributed by atoms with Gasteiger partial charge >= 0.3 is 0 Å². The average molecular weight is 341 g/mol. The Bertz CT molecular complexity index is 857. The zero-order valence-electron chi connectivity index (χ0n) is 10.3. The molecule has 0 unspecified atom stereocenters. The molecule has 0 amide bonds. The molecule has 0 spiro atoms. The van der Waals surface area contributed by atoms with Gasteiger partial charge < -0.3 is 0 Å². The van der Waals surface area contributed by atoms with Crippen LogP contribution in [0.1, 0.15) is 0 Å². The molecule has 0 aliphatic rings. The first kappa shape index (κ1) is 14.2. The van der Waals surface area contributed by atoms with Gasteiger partial charge in [-0.15, -0.1) is 0 Å². The lowest BCUT2D eigenvalue weighted by atomic mass is 10.2. The molecule has 0 aliphatic carbocycles. The Balaban J connectivity index is 2.19. The molecule has 3 aromatic rings. The summed E-state index contributed by atoms with van der Waals surface area (Å²) in [4.78, 5) is 4.01.